The van der Waals surface area contributed by atoms with E-state index in [0.29, 0.717) is 0 Å². The molecule has 0 fully saturated rings. The molecule has 0 saturated heterocycles. The molecule has 160 valence electrons. The van der Waals surface area contributed by atoms with Crippen LogP contribution < -0.4 is 11.1 Å². The molecule has 5 heteroatoms. The van der Waals surface area contributed by atoms with Crippen LogP contribution in [0.25, 0.3) is 0 Å². The molecule has 0 bridgehead atoms. The Hall–Kier alpha value is -3.44. The second kappa shape index (κ2) is 9.58. The predicted molar refractivity (Wildman–Crippen MR) is 122 cm³/mol. The van der Waals surface area contributed by atoms with Gasteiger partial charge in [0, 0.05) is 6.42 Å². The van der Waals surface area contributed by atoms with E-state index >= 15 is 0 Å². The summed E-state index contributed by atoms with van der Waals surface area (Å²) < 4.78 is 0. The van der Waals surface area contributed by atoms with Crippen molar-refractivity contribution in [2.45, 2.75) is 37.3 Å². The lowest BCUT2D eigenvalue weighted by Gasteiger charge is -2.34. The average molecular weight is 417 g/mol. The molecule has 0 aliphatic carbocycles. The van der Waals surface area contributed by atoms with Crippen LogP contribution in [0.5, 0.6) is 0 Å². The van der Waals surface area contributed by atoms with Crippen molar-refractivity contribution in [1.82, 2.24) is 5.32 Å². The van der Waals surface area contributed by atoms with Crippen molar-refractivity contribution >= 4 is 11.9 Å². The fourth-order valence-electron chi connectivity index (χ4n) is 3.70. The van der Waals surface area contributed by atoms with Crippen molar-refractivity contribution in [3.05, 3.63) is 108 Å². The lowest BCUT2D eigenvalue weighted by molar-refractivity contribution is -0.147. The van der Waals surface area contributed by atoms with Gasteiger partial charge in [-0.2, -0.15) is 0 Å². The largest absolute Gasteiger partial charge is 0.480 e. The molecule has 0 aliphatic rings. The van der Waals surface area contributed by atoms with Crippen LogP contribution in [0.2, 0.25) is 0 Å². The molecule has 31 heavy (non-hydrogen) atoms. The lowest BCUT2D eigenvalue weighted by atomic mass is 9.83. The molecular weight excluding hydrogens is 388 g/mol. The zero-order valence-electron chi connectivity index (χ0n) is 17.6. The number of rotatable bonds is 9. The van der Waals surface area contributed by atoms with Gasteiger partial charge in [0.1, 0.15) is 11.1 Å². The quantitative estimate of drug-likeness (QED) is 0.499. The molecule has 0 spiro atoms. The van der Waals surface area contributed by atoms with Crippen LogP contribution in [0.15, 0.2) is 91.0 Å². The van der Waals surface area contributed by atoms with Crippen molar-refractivity contribution in [2.24, 2.45) is 5.73 Å². The number of nitrogens with two attached hydrogens (primary N) is 1. The maximum absolute atomic E-state index is 13.5. The van der Waals surface area contributed by atoms with E-state index in [9.17, 15) is 14.7 Å². The van der Waals surface area contributed by atoms with Gasteiger partial charge < -0.3 is 16.2 Å². The summed E-state index contributed by atoms with van der Waals surface area (Å²) in [7, 11) is 0. The summed E-state index contributed by atoms with van der Waals surface area (Å²) >= 11 is 0. The molecule has 3 aromatic rings. The number of carboxylic acid groups (broad SMARTS) is 1. The lowest BCUT2D eigenvalue weighted by Crippen LogP contribution is -2.64. The highest BCUT2D eigenvalue weighted by Gasteiger charge is 2.42. The Labute approximate surface area is 182 Å². The number of amides is 1. The summed E-state index contributed by atoms with van der Waals surface area (Å²) in [5, 5.41) is 12.7. The normalized spacial score (nSPS) is 13.2. The van der Waals surface area contributed by atoms with Crippen molar-refractivity contribution in [1.29, 1.82) is 0 Å². The minimum absolute atomic E-state index is 0.154. The molecule has 0 aromatic heterocycles. The number of hydrogen-bond acceptors (Lipinski definition) is 3. The first-order chi connectivity index (χ1) is 14.8. The minimum Gasteiger partial charge on any atom is -0.480 e. The summed E-state index contributed by atoms with van der Waals surface area (Å²) in [6, 6.07) is 28.3. The van der Waals surface area contributed by atoms with Gasteiger partial charge in [-0.15, -0.1) is 0 Å². The summed E-state index contributed by atoms with van der Waals surface area (Å²) in [6.45, 7) is 1.52. The highest BCUT2D eigenvalue weighted by molar-refractivity contribution is 5.92. The third kappa shape index (κ3) is 5.80. The summed E-state index contributed by atoms with van der Waals surface area (Å²) in [6.07, 6.45) is 0.729. The number of carbonyl (C=O) groups excluding carboxylic acids is 1. The average Bonchev–Trinajstić information content (AvgIpc) is 2.75. The Balaban J connectivity index is 1.89. The second-order valence-electron chi connectivity index (χ2n) is 8.23. The summed E-state index contributed by atoms with van der Waals surface area (Å²) in [5.41, 5.74) is 6.55. The van der Waals surface area contributed by atoms with E-state index in [4.69, 9.17) is 5.73 Å². The molecule has 1 atom stereocenters. The highest BCUT2D eigenvalue weighted by atomic mass is 16.4. The van der Waals surface area contributed by atoms with Gasteiger partial charge in [0.25, 0.3) is 0 Å². The van der Waals surface area contributed by atoms with Gasteiger partial charge in [-0.1, -0.05) is 91.0 Å². The number of nitrogens with one attached hydrogen (secondary N) is 1. The predicted octanol–water partition coefficient (Wildman–Crippen LogP) is 3.37. The molecule has 0 radical (unpaired) electrons. The first kappa shape index (κ1) is 22.2. The standard InChI is InChI=1S/C26H28N2O3/c1-25(24(30)31,17-20-11-5-2-6-12-20)28-23(29)26(27,18-21-13-7-3-8-14-21)19-22-15-9-4-10-16-22/h2-16H,17-19,27H2,1H3,(H,28,29)(H,30,31)/t25-/m0/s1. The van der Waals surface area contributed by atoms with E-state index in [0.717, 1.165) is 16.7 Å². The Bertz CT molecular complexity index is 965. The van der Waals surface area contributed by atoms with E-state index < -0.39 is 23.0 Å². The molecule has 3 rings (SSSR count). The van der Waals surface area contributed by atoms with Crippen molar-refractivity contribution < 1.29 is 14.7 Å². The van der Waals surface area contributed by atoms with Gasteiger partial charge in [0.05, 0.1) is 0 Å². The Kier molecular flexibility index (Phi) is 6.88. The van der Waals surface area contributed by atoms with Gasteiger partial charge in [-0.05, 0) is 36.5 Å². The zero-order chi connectivity index (χ0) is 22.3. The Morgan fingerprint density at radius 1 is 0.742 bits per heavy atom. The van der Waals surface area contributed by atoms with Gasteiger partial charge in [0.2, 0.25) is 5.91 Å². The van der Waals surface area contributed by atoms with Crippen LogP contribution in [0.4, 0.5) is 0 Å². The van der Waals surface area contributed by atoms with Gasteiger partial charge in [-0.3, -0.25) is 4.79 Å². The van der Waals surface area contributed by atoms with Gasteiger partial charge in [0.15, 0.2) is 0 Å². The number of carboxylic acids is 1. The van der Waals surface area contributed by atoms with Crippen LogP contribution in [-0.2, 0) is 28.9 Å². The summed E-state index contributed by atoms with van der Waals surface area (Å²) in [4.78, 5) is 25.6. The maximum atomic E-state index is 13.5. The van der Waals surface area contributed by atoms with Crippen LogP contribution in [-0.4, -0.2) is 28.1 Å². The van der Waals surface area contributed by atoms with E-state index in [1.165, 1.54) is 6.92 Å². The third-order valence-corrected chi connectivity index (χ3v) is 5.44. The second-order valence-corrected chi connectivity index (χ2v) is 8.23. The van der Waals surface area contributed by atoms with Crippen LogP contribution in [0.3, 0.4) is 0 Å². The van der Waals surface area contributed by atoms with Crippen LogP contribution in [0, 0.1) is 0 Å². The first-order valence-corrected chi connectivity index (χ1v) is 10.3. The minimum atomic E-state index is -1.49. The number of carbonyl (C=O) groups is 2. The monoisotopic (exact) mass is 416 g/mol. The fourth-order valence-corrected chi connectivity index (χ4v) is 3.70. The summed E-state index contributed by atoms with van der Waals surface area (Å²) in [5.74, 6) is -1.59. The molecule has 4 N–H and O–H groups in total. The van der Waals surface area contributed by atoms with E-state index in [1.807, 2.05) is 91.0 Å². The Morgan fingerprint density at radius 2 is 1.10 bits per heavy atom. The molecule has 0 aliphatic heterocycles. The van der Waals surface area contributed by atoms with E-state index in [-0.39, 0.29) is 19.3 Å². The fraction of sp³-hybridized carbons (Fsp3) is 0.231. The molecule has 1 amide bonds. The van der Waals surface area contributed by atoms with Gasteiger partial charge in [-0.25, -0.2) is 4.79 Å². The van der Waals surface area contributed by atoms with Crippen LogP contribution >= 0.6 is 0 Å². The molecule has 0 heterocycles. The molecule has 0 saturated carbocycles. The van der Waals surface area contributed by atoms with Crippen molar-refractivity contribution in [3.8, 4) is 0 Å². The third-order valence-electron chi connectivity index (χ3n) is 5.44. The number of benzene rings is 3. The van der Waals surface area contributed by atoms with E-state index in [2.05, 4.69) is 5.32 Å². The smallest absolute Gasteiger partial charge is 0.329 e. The number of hydrogen-bond donors (Lipinski definition) is 3. The zero-order valence-corrected chi connectivity index (χ0v) is 17.6. The van der Waals surface area contributed by atoms with Gasteiger partial charge >= 0.3 is 5.97 Å². The molecule has 5 nitrogen and oxygen atoms in total. The van der Waals surface area contributed by atoms with Crippen molar-refractivity contribution in [2.75, 3.05) is 0 Å². The first-order valence-electron chi connectivity index (χ1n) is 10.3. The van der Waals surface area contributed by atoms with Crippen LogP contribution in [0.1, 0.15) is 23.6 Å². The molecular formula is C26H28N2O3. The SMILES string of the molecule is C[C@@](Cc1ccccc1)(NC(=O)C(N)(Cc1ccccc1)Cc1ccccc1)C(=O)O. The van der Waals surface area contributed by atoms with E-state index in [1.54, 1.807) is 0 Å². The topological polar surface area (TPSA) is 92.4 Å². The number of aliphatic carboxylic acids is 1. The molecule has 0 unspecified atom stereocenters. The maximum Gasteiger partial charge on any atom is 0.329 e. The molecule has 3 aromatic carbocycles. The Morgan fingerprint density at radius 3 is 1.45 bits per heavy atom. The highest BCUT2D eigenvalue weighted by Crippen LogP contribution is 2.21. The van der Waals surface area contributed by atoms with Crippen molar-refractivity contribution in [3.63, 3.8) is 0 Å².